The molecule has 4 heteroatoms. The van der Waals surface area contributed by atoms with E-state index < -0.39 is 0 Å². The van der Waals surface area contributed by atoms with Gasteiger partial charge in [0.05, 0.1) is 10.7 Å². The third-order valence-corrected chi connectivity index (χ3v) is 2.78. The number of benzene rings is 1. The summed E-state index contributed by atoms with van der Waals surface area (Å²) in [5.74, 6) is -0.350. The molecule has 0 radical (unpaired) electrons. The lowest BCUT2D eigenvalue weighted by atomic mass is 10.2. The normalized spacial score (nSPS) is 10.1. The van der Waals surface area contributed by atoms with Crippen LogP contribution in [0.1, 0.15) is 13.3 Å². The summed E-state index contributed by atoms with van der Waals surface area (Å²) in [4.78, 5) is 0. The Morgan fingerprint density at radius 1 is 1.60 bits per heavy atom. The summed E-state index contributed by atoms with van der Waals surface area (Å²) in [5, 5.41) is 3.51. The minimum absolute atomic E-state index is 0.350. The van der Waals surface area contributed by atoms with Gasteiger partial charge in [-0.3, -0.25) is 0 Å². The SMILES string of the molecule is C=C(C)CCNc1c(Cl)cc(F)cc1Br. The fourth-order valence-corrected chi connectivity index (χ4v) is 2.07. The predicted molar refractivity (Wildman–Crippen MR) is 67.0 cm³/mol. The first-order valence-electron chi connectivity index (χ1n) is 4.53. The fraction of sp³-hybridized carbons (Fsp3) is 0.273. The highest BCUT2D eigenvalue weighted by atomic mass is 79.9. The Hall–Kier alpha value is -0.540. The summed E-state index contributed by atoms with van der Waals surface area (Å²) in [5.41, 5.74) is 1.82. The smallest absolute Gasteiger partial charge is 0.125 e. The quantitative estimate of drug-likeness (QED) is 0.799. The first kappa shape index (κ1) is 12.5. The molecule has 0 aliphatic heterocycles. The number of hydrogen-bond donors (Lipinski definition) is 1. The maximum absolute atomic E-state index is 12.9. The van der Waals surface area contributed by atoms with Crippen LogP contribution in [-0.2, 0) is 0 Å². The van der Waals surface area contributed by atoms with Crippen LogP contribution in [0, 0.1) is 5.82 Å². The van der Waals surface area contributed by atoms with E-state index in [-0.39, 0.29) is 5.82 Å². The van der Waals surface area contributed by atoms with E-state index in [1.807, 2.05) is 6.92 Å². The van der Waals surface area contributed by atoms with E-state index in [1.54, 1.807) is 0 Å². The Morgan fingerprint density at radius 3 is 2.80 bits per heavy atom. The third-order valence-electron chi connectivity index (χ3n) is 1.86. The second kappa shape index (κ2) is 5.52. The van der Waals surface area contributed by atoms with Gasteiger partial charge in [-0.1, -0.05) is 17.2 Å². The van der Waals surface area contributed by atoms with Crippen LogP contribution < -0.4 is 5.32 Å². The van der Waals surface area contributed by atoms with Crippen LogP contribution in [0.4, 0.5) is 10.1 Å². The first-order chi connectivity index (χ1) is 7.00. The summed E-state index contributed by atoms with van der Waals surface area (Å²) in [6, 6.07) is 2.67. The Balaban J connectivity index is 2.72. The molecule has 82 valence electrons. The van der Waals surface area contributed by atoms with Crippen molar-refractivity contribution >= 4 is 33.2 Å². The lowest BCUT2D eigenvalue weighted by Crippen LogP contribution is -2.03. The van der Waals surface area contributed by atoms with Crippen molar-refractivity contribution in [2.24, 2.45) is 0 Å². The number of rotatable bonds is 4. The predicted octanol–water partition coefficient (Wildman–Crippen LogP) is 4.62. The standard InChI is InChI=1S/C11H12BrClFN/c1-7(2)3-4-15-11-9(12)5-8(14)6-10(11)13/h5-6,15H,1,3-4H2,2H3. The van der Waals surface area contributed by atoms with E-state index in [1.165, 1.54) is 12.1 Å². The molecule has 0 aliphatic carbocycles. The molecule has 0 aromatic heterocycles. The maximum Gasteiger partial charge on any atom is 0.125 e. The van der Waals surface area contributed by atoms with E-state index in [4.69, 9.17) is 11.6 Å². The molecular weight excluding hydrogens is 280 g/mol. The Bertz CT molecular complexity index is 356. The molecule has 0 heterocycles. The van der Waals surface area contributed by atoms with Gasteiger partial charge in [0.2, 0.25) is 0 Å². The summed E-state index contributed by atoms with van der Waals surface area (Å²) in [7, 11) is 0. The number of nitrogens with one attached hydrogen (secondary N) is 1. The average Bonchev–Trinajstić information content (AvgIpc) is 2.08. The maximum atomic E-state index is 12.9. The number of hydrogen-bond acceptors (Lipinski definition) is 1. The van der Waals surface area contributed by atoms with Crippen LogP contribution in [0.25, 0.3) is 0 Å². The zero-order valence-corrected chi connectivity index (χ0v) is 10.8. The minimum Gasteiger partial charge on any atom is -0.383 e. The van der Waals surface area contributed by atoms with Gasteiger partial charge in [0.15, 0.2) is 0 Å². The van der Waals surface area contributed by atoms with Gasteiger partial charge in [-0.15, -0.1) is 6.58 Å². The van der Waals surface area contributed by atoms with Gasteiger partial charge in [0, 0.05) is 11.0 Å². The molecule has 0 aliphatic rings. The fourth-order valence-electron chi connectivity index (χ4n) is 1.11. The van der Waals surface area contributed by atoms with E-state index in [0.29, 0.717) is 9.50 Å². The highest BCUT2D eigenvalue weighted by Crippen LogP contribution is 2.31. The lowest BCUT2D eigenvalue weighted by Gasteiger charge is -2.10. The van der Waals surface area contributed by atoms with Crippen molar-refractivity contribution in [1.82, 2.24) is 0 Å². The summed E-state index contributed by atoms with van der Waals surface area (Å²) in [6.07, 6.45) is 0.861. The van der Waals surface area contributed by atoms with Gasteiger partial charge in [-0.2, -0.15) is 0 Å². The first-order valence-corrected chi connectivity index (χ1v) is 5.70. The molecule has 0 saturated heterocycles. The van der Waals surface area contributed by atoms with Gasteiger partial charge in [-0.05, 0) is 41.4 Å². The molecule has 0 amide bonds. The van der Waals surface area contributed by atoms with Crippen molar-refractivity contribution < 1.29 is 4.39 Å². The van der Waals surface area contributed by atoms with Crippen LogP contribution in [-0.4, -0.2) is 6.54 Å². The van der Waals surface area contributed by atoms with Gasteiger partial charge in [0.25, 0.3) is 0 Å². The molecule has 1 nitrogen and oxygen atoms in total. The van der Waals surface area contributed by atoms with Crippen molar-refractivity contribution in [3.8, 4) is 0 Å². The van der Waals surface area contributed by atoms with Gasteiger partial charge >= 0.3 is 0 Å². The van der Waals surface area contributed by atoms with Crippen LogP contribution in [0.15, 0.2) is 28.8 Å². The topological polar surface area (TPSA) is 12.0 Å². The average molecular weight is 293 g/mol. The zero-order chi connectivity index (χ0) is 11.4. The van der Waals surface area contributed by atoms with Crippen molar-refractivity contribution in [2.75, 3.05) is 11.9 Å². The van der Waals surface area contributed by atoms with Crippen LogP contribution in [0.5, 0.6) is 0 Å². The largest absolute Gasteiger partial charge is 0.383 e. The number of halogens is 3. The van der Waals surface area contributed by atoms with Crippen molar-refractivity contribution in [3.05, 3.63) is 39.6 Å². The third kappa shape index (κ3) is 3.84. The minimum atomic E-state index is -0.350. The molecule has 0 spiro atoms. The highest BCUT2D eigenvalue weighted by Gasteiger charge is 2.06. The molecule has 1 aromatic carbocycles. The van der Waals surface area contributed by atoms with Crippen LogP contribution in [0.3, 0.4) is 0 Å². The molecule has 0 unspecified atom stereocenters. The molecule has 0 bridgehead atoms. The number of anilines is 1. The lowest BCUT2D eigenvalue weighted by molar-refractivity contribution is 0.627. The van der Waals surface area contributed by atoms with Gasteiger partial charge in [-0.25, -0.2) is 4.39 Å². The Kier molecular flexibility index (Phi) is 4.61. The van der Waals surface area contributed by atoms with E-state index in [0.717, 1.165) is 24.2 Å². The van der Waals surface area contributed by atoms with E-state index in [2.05, 4.69) is 27.8 Å². The van der Waals surface area contributed by atoms with Crippen LogP contribution >= 0.6 is 27.5 Å². The zero-order valence-electron chi connectivity index (χ0n) is 8.41. The molecule has 0 saturated carbocycles. The van der Waals surface area contributed by atoms with Crippen molar-refractivity contribution in [1.29, 1.82) is 0 Å². The van der Waals surface area contributed by atoms with E-state index in [9.17, 15) is 4.39 Å². The highest BCUT2D eigenvalue weighted by molar-refractivity contribution is 9.10. The van der Waals surface area contributed by atoms with Crippen molar-refractivity contribution in [3.63, 3.8) is 0 Å². The molecule has 0 atom stereocenters. The molecule has 1 rings (SSSR count). The van der Waals surface area contributed by atoms with Crippen LogP contribution in [0.2, 0.25) is 5.02 Å². The molecule has 1 N–H and O–H groups in total. The summed E-state index contributed by atoms with van der Waals surface area (Å²) in [6.45, 7) is 6.50. The Labute approximate surface area is 102 Å². The monoisotopic (exact) mass is 291 g/mol. The Morgan fingerprint density at radius 2 is 2.27 bits per heavy atom. The summed E-state index contributed by atoms with van der Waals surface area (Å²) >= 11 is 9.15. The molecular formula is C11H12BrClFN. The second-order valence-corrected chi connectivity index (χ2v) is 4.64. The molecule has 1 aromatic rings. The molecule has 0 fully saturated rings. The van der Waals surface area contributed by atoms with Crippen molar-refractivity contribution in [2.45, 2.75) is 13.3 Å². The second-order valence-electron chi connectivity index (χ2n) is 3.38. The molecule has 15 heavy (non-hydrogen) atoms. The summed E-state index contributed by atoms with van der Waals surface area (Å²) < 4.78 is 13.5. The van der Waals surface area contributed by atoms with Gasteiger partial charge in [0.1, 0.15) is 5.82 Å². The van der Waals surface area contributed by atoms with Gasteiger partial charge < -0.3 is 5.32 Å². The van der Waals surface area contributed by atoms with E-state index >= 15 is 0 Å².